The highest BCUT2D eigenvalue weighted by molar-refractivity contribution is 5.41. The third-order valence-electron chi connectivity index (χ3n) is 5.77. The number of nitrogens with zero attached hydrogens (tertiary/aromatic N) is 1. The fraction of sp³-hybridized carbons (Fsp3) is 0.714. The molecule has 0 bridgehead atoms. The van der Waals surface area contributed by atoms with Gasteiger partial charge in [-0.2, -0.15) is 0 Å². The number of fused-ring (bicyclic) bond motifs is 3. The van der Waals surface area contributed by atoms with Gasteiger partial charge in [0.2, 0.25) is 0 Å². The number of ether oxygens (including phenoxy) is 1. The van der Waals surface area contributed by atoms with Crippen LogP contribution >= 0.6 is 0 Å². The molecule has 0 spiro atoms. The molecule has 2 unspecified atom stereocenters. The van der Waals surface area contributed by atoms with E-state index in [2.05, 4.69) is 50.9 Å². The second-order valence-corrected chi connectivity index (χ2v) is 7.83. The minimum absolute atomic E-state index is 0.252. The lowest BCUT2D eigenvalue weighted by atomic mass is 9.65. The molecule has 0 saturated heterocycles. The standard InChI is InChI=1S/C21H33NO/c1-5-12-22(4)21-13-16-10-11-17(23-15(2)3)14-20(16)18-8-6-7-9-19(18)21/h10-11,14-15,18-19,21H,5-9,12-13H2,1-4H3/t18?,19?,21-/m0/s1. The van der Waals surface area contributed by atoms with Crippen molar-refractivity contribution in [2.75, 3.05) is 13.6 Å². The molecule has 0 N–H and O–H groups in total. The minimum Gasteiger partial charge on any atom is -0.491 e. The Balaban J connectivity index is 1.90. The summed E-state index contributed by atoms with van der Waals surface area (Å²) in [4.78, 5) is 2.63. The average molecular weight is 316 g/mol. The molecule has 1 fully saturated rings. The molecule has 3 atom stereocenters. The maximum absolute atomic E-state index is 5.96. The topological polar surface area (TPSA) is 12.5 Å². The predicted molar refractivity (Wildman–Crippen MR) is 97.3 cm³/mol. The molecule has 0 aromatic heterocycles. The molecule has 2 heteroatoms. The molecule has 0 heterocycles. The maximum atomic E-state index is 5.96. The summed E-state index contributed by atoms with van der Waals surface area (Å²) in [5.41, 5.74) is 3.16. The third kappa shape index (κ3) is 3.57. The van der Waals surface area contributed by atoms with E-state index in [1.54, 1.807) is 11.1 Å². The van der Waals surface area contributed by atoms with Crippen molar-refractivity contribution in [1.82, 2.24) is 4.90 Å². The molecule has 1 aromatic rings. The Morgan fingerprint density at radius 1 is 1.22 bits per heavy atom. The quantitative estimate of drug-likeness (QED) is 0.757. The molecule has 2 aliphatic carbocycles. The van der Waals surface area contributed by atoms with E-state index in [1.165, 1.54) is 45.1 Å². The first-order valence-corrected chi connectivity index (χ1v) is 9.59. The van der Waals surface area contributed by atoms with Gasteiger partial charge in [0.15, 0.2) is 0 Å². The van der Waals surface area contributed by atoms with Gasteiger partial charge in [0.25, 0.3) is 0 Å². The summed E-state index contributed by atoms with van der Waals surface area (Å²) in [5.74, 6) is 2.64. The maximum Gasteiger partial charge on any atom is 0.119 e. The van der Waals surface area contributed by atoms with Crippen LogP contribution in [-0.2, 0) is 6.42 Å². The summed E-state index contributed by atoms with van der Waals surface area (Å²) in [7, 11) is 2.33. The summed E-state index contributed by atoms with van der Waals surface area (Å²) >= 11 is 0. The van der Waals surface area contributed by atoms with Crippen molar-refractivity contribution < 1.29 is 4.74 Å². The molecule has 23 heavy (non-hydrogen) atoms. The van der Waals surface area contributed by atoms with Gasteiger partial charge in [-0.15, -0.1) is 0 Å². The van der Waals surface area contributed by atoms with Crippen LogP contribution in [0.3, 0.4) is 0 Å². The molecule has 0 amide bonds. The van der Waals surface area contributed by atoms with Crippen LogP contribution in [0.1, 0.15) is 69.9 Å². The Morgan fingerprint density at radius 3 is 2.74 bits per heavy atom. The highest BCUT2D eigenvalue weighted by atomic mass is 16.5. The van der Waals surface area contributed by atoms with Gasteiger partial charge in [-0.3, -0.25) is 0 Å². The van der Waals surface area contributed by atoms with Crippen LogP contribution in [-0.4, -0.2) is 30.6 Å². The fourth-order valence-electron chi connectivity index (χ4n) is 4.83. The second kappa shape index (κ2) is 7.25. The van der Waals surface area contributed by atoms with E-state index in [9.17, 15) is 0 Å². The van der Waals surface area contributed by atoms with Crippen LogP contribution in [0.2, 0.25) is 0 Å². The van der Waals surface area contributed by atoms with E-state index >= 15 is 0 Å². The zero-order chi connectivity index (χ0) is 16.4. The molecule has 0 aliphatic heterocycles. The molecule has 1 saturated carbocycles. The van der Waals surface area contributed by atoms with E-state index < -0.39 is 0 Å². The molecule has 2 aliphatic rings. The van der Waals surface area contributed by atoms with Gasteiger partial charge in [-0.25, -0.2) is 0 Å². The number of benzene rings is 1. The highest BCUT2D eigenvalue weighted by Gasteiger charge is 2.39. The van der Waals surface area contributed by atoms with Crippen LogP contribution < -0.4 is 4.74 Å². The zero-order valence-corrected chi connectivity index (χ0v) is 15.3. The van der Waals surface area contributed by atoms with Crippen molar-refractivity contribution in [3.63, 3.8) is 0 Å². The van der Waals surface area contributed by atoms with Crippen LogP contribution in [0.4, 0.5) is 0 Å². The second-order valence-electron chi connectivity index (χ2n) is 7.83. The lowest BCUT2D eigenvalue weighted by Crippen LogP contribution is -2.46. The van der Waals surface area contributed by atoms with Gasteiger partial charge >= 0.3 is 0 Å². The summed E-state index contributed by atoms with van der Waals surface area (Å²) in [6.45, 7) is 7.73. The summed E-state index contributed by atoms with van der Waals surface area (Å²) < 4.78 is 5.96. The SMILES string of the molecule is CCCN(C)[C@H]1Cc2ccc(OC(C)C)cc2C2CCCCC21. The van der Waals surface area contributed by atoms with E-state index in [1.807, 2.05) is 0 Å². The Kier molecular flexibility index (Phi) is 5.31. The molecule has 2 nitrogen and oxygen atoms in total. The van der Waals surface area contributed by atoms with Crippen molar-refractivity contribution >= 4 is 0 Å². The summed E-state index contributed by atoms with van der Waals surface area (Å²) in [6.07, 6.45) is 8.28. The first-order valence-electron chi connectivity index (χ1n) is 9.59. The lowest BCUT2D eigenvalue weighted by molar-refractivity contribution is 0.115. The molecule has 128 valence electrons. The van der Waals surface area contributed by atoms with E-state index in [4.69, 9.17) is 4.74 Å². The van der Waals surface area contributed by atoms with Crippen LogP contribution in [0.5, 0.6) is 5.75 Å². The monoisotopic (exact) mass is 315 g/mol. The highest BCUT2D eigenvalue weighted by Crippen LogP contribution is 2.47. The minimum atomic E-state index is 0.252. The molecule has 0 radical (unpaired) electrons. The average Bonchev–Trinajstić information content (AvgIpc) is 2.54. The van der Waals surface area contributed by atoms with Gasteiger partial charge in [0.1, 0.15) is 5.75 Å². The van der Waals surface area contributed by atoms with Gasteiger partial charge in [-0.05, 0) is 88.2 Å². The van der Waals surface area contributed by atoms with Crippen molar-refractivity contribution in [1.29, 1.82) is 0 Å². The Labute approximate surface area is 142 Å². The van der Waals surface area contributed by atoms with Crippen molar-refractivity contribution in [3.05, 3.63) is 29.3 Å². The number of rotatable bonds is 5. The lowest BCUT2D eigenvalue weighted by Gasteiger charge is -2.46. The van der Waals surface area contributed by atoms with E-state index in [0.717, 1.165) is 23.6 Å². The van der Waals surface area contributed by atoms with Gasteiger partial charge in [-0.1, -0.05) is 25.8 Å². The van der Waals surface area contributed by atoms with Crippen molar-refractivity contribution in [2.24, 2.45) is 5.92 Å². The van der Waals surface area contributed by atoms with Crippen LogP contribution in [0.25, 0.3) is 0 Å². The normalized spacial score (nSPS) is 27.0. The van der Waals surface area contributed by atoms with E-state index in [-0.39, 0.29) is 6.10 Å². The smallest absolute Gasteiger partial charge is 0.119 e. The van der Waals surface area contributed by atoms with E-state index in [0.29, 0.717) is 0 Å². The first-order chi connectivity index (χ1) is 11.1. The summed E-state index contributed by atoms with van der Waals surface area (Å²) in [5, 5.41) is 0. The number of hydrogen-bond acceptors (Lipinski definition) is 2. The Morgan fingerprint density at radius 2 is 2.00 bits per heavy atom. The van der Waals surface area contributed by atoms with Gasteiger partial charge < -0.3 is 9.64 Å². The van der Waals surface area contributed by atoms with Gasteiger partial charge in [0.05, 0.1) is 6.10 Å². The van der Waals surface area contributed by atoms with Crippen molar-refractivity contribution in [3.8, 4) is 5.75 Å². The number of hydrogen-bond donors (Lipinski definition) is 0. The fourth-order valence-corrected chi connectivity index (χ4v) is 4.83. The number of likely N-dealkylation sites (N-methyl/N-ethyl adjacent to an activating group) is 1. The van der Waals surface area contributed by atoms with Crippen LogP contribution in [0.15, 0.2) is 18.2 Å². The Hall–Kier alpha value is -1.02. The third-order valence-corrected chi connectivity index (χ3v) is 5.77. The molecular formula is C21H33NO. The largest absolute Gasteiger partial charge is 0.491 e. The van der Waals surface area contributed by atoms with Gasteiger partial charge in [0, 0.05) is 6.04 Å². The summed E-state index contributed by atoms with van der Waals surface area (Å²) in [6, 6.07) is 7.60. The molecule has 3 rings (SSSR count). The van der Waals surface area contributed by atoms with Crippen LogP contribution in [0, 0.1) is 5.92 Å². The molecular weight excluding hydrogens is 282 g/mol. The van der Waals surface area contributed by atoms with Crippen molar-refractivity contribution in [2.45, 2.75) is 77.4 Å². The Bertz CT molecular complexity index is 525. The first kappa shape index (κ1) is 16.8. The zero-order valence-electron chi connectivity index (χ0n) is 15.3. The molecule has 1 aromatic carbocycles. The predicted octanol–water partition coefficient (Wildman–Crippen LogP) is 5.01.